The van der Waals surface area contributed by atoms with Crippen LogP contribution in [0, 0.1) is 5.92 Å². The molecule has 0 spiro atoms. The third-order valence-corrected chi connectivity index (χ3v) is 2.75. The Balaban J connectivity index is 2.02. The number of aryl methyl sites for hydroxylation is 1. The molecule has 0 bridgehead atoms. The van der Waals surface area contributed by atoms with E-state index in [9.17, 15) is 0 Å². The van der Waals surface area contributed by atoms with Crippen molar-refractivity contribution in [3.8, 4) is 0 Å². The van der Waals surface area contributed by atoms with Gasteiger partial charge in [0.2, 0.25) is 0 Å². The molecule has 0 saturated heterocycles. The normalized spacial score (nSPS) is 18.4. The van der Waals surface area contributed by atoms with Gasteiger partial charge in [-0.15, -0.1) is 0 Å². The summed E-state index contributed by atoms with van der Waals surface area (Å²) in [5.74, 6) is 0.830. The van der Waals surface area contributed by atoms with Crippen LogP contribution in [0.3, 0.4) is 0 Å². The second kappa shape index (κ2) is 4.13. The van der Waals surface area contributed by atoms with E-state index in [-0.39, 0.29) is 0 Å². The molecule has 3 nitrogen and oxygen atoms in total. The summed E-state index contributed by atoms with van der Waals surface area (Å²) >= 11 is 0. The Hall–Kier alpha value is -0.830. The Morgan fingerprint density at radius 1 is 1.64 bits per heavy atom. The van der Waals surface area contributed by atoms with Crippen molar-refractivity contribution in [2.45, 2.75) is 32.2 Å². The summed E-state index contributed by atoms with van der Waals surface area (Å²) in [4.78, 5) is 4.43. The summed E-state index contributed by atoms with van der Waals surface area (Å²) < 4.78 is 2.03. The van der Waals surface area contributed by atoms with Crippen molar-refractivity contribution in [3.63, 3.8) is 0 Å². The second-order valence-corrected chi connectivity index (χ2v) is 4.23. The van der Waals surface area contributed by atoms with E-state index in [1.54, 1.807) is 0 Å². The van der Waals surface area contributed by atoms with Crippen LogP contribution in [0.15, 0.2) is 12.5 Å². The molecule has 2 rings (SSSR count). The Bertz CT molecular complexity index is 288. The molecule has 1 heterocycles. The largest absolute Gasteiger partial charge is 0.340 e. The first-order valence-electron chi connectivity index (χ1n) is 5.52. The van der Waals surface area contributed by atoms with Crippen molar-refractivity contribution in [2.24, 2.45) is 13.0 Å². The molecular weight excluding hydrogens is 174 g/mol. The van der Waals surface area contributed by atoms with Crippen LogP contribution in [0.1, 0.15) is 37.9 Å². The maximum absolute atomic E-state index is 4.43. The molecule has 1 aliphatic carbocycles. The zero-order chi connectivity index (χ0) is 9.97. The van der Waals surface area contributed by atoms with E-state index in [1.807, 2.05) is 17.9 Å². The van der Waals surface area contributed by atoms with Gasteiger partial charge < -0.3 is 9.88 Å². The van der Waals surface area contributed by atoms with Crippen LogP contribution in [-0.4, -0.2) is 16.1 Å². The molecule has 3 heteroatoms. The van der Waals surface area contributed by atoms with Crippen LogP contribution in [0.5, 0.6) is 0 Å². The van der Waals surface area contributed by atoms with E-state index in [0.717, 1.165) is 12.5 Å². The Labute approximate surface area is 85.5 Å². The first-order chi connectivity index (χ1) is 6.81. The van der Waals surface area contributed by atoms with Gasteiger partial charge in [0.15, 0.2) is 0 Å². The maximum atomic E-state index is 4.43. The Morgan fingerprint density at radius 3 is 2.93 bits per heavy atom. The van der Waals surface area contributed by atoms with Gasteiger partial charge >= 0.3 is 0 Å². The summed E-state index contributed by atoms with van der Waals surface area (Å²) in [5, 5.41) is 3.59. The third kappa shape index (κ3) is 2.15. The van der Waals surface area contributed by atoms with Crippen LogP contribution in [-0.2, 0) is 7.05 Å². The Kier molecular flexibility index (Phi) is 2.87. The van der Waals surface area contributed by atoms with E-state index < -0.39 is 0 Å². The van der Waals surface area contributed by atoms with Crippen molar-refractivity contribution in [2.75, 3.05) is 6.54 Å². The van der Waals surface area contributed by atoms with Crippen molar-refractivity contribution >= 4 is 0 Å². The highest BCUT2D eigenvalue weighted by molar-refractivity contribution is 5.08. The minimum Gasteiger partial charge on any atom is -0.340 e. The predicted octanol–water partition coefficient (Wildman–Crippen LogP) is 1.87. The number of nitrogens with zero attached hydrogens (tertiary/aromatic N) is 2. The molecule has 0 radical (unpaired) electrons. The molecule has 1 saturated carbocycles. The van der Waals surface area contributed by atoms with E-state index in [1.165, 1.54) is 25.0 Å². The minimum absolute atomic E-state index is 0.496. The lowest BCUT2D eigenvalue weighted by molar-refractivity contribution is 0.472. The average molecular weight is 193 g/mol. The first-order valence-corrected chi connectivity index (χ1v) is 5.52. The molecule has 1 atom stereocenters. The predicted molar refractivity (Wildman–Crippen MR) is 57.0 cm³/mol. The van der Waals surface area contributed by atoms with Gasteiger partial charge in [0.25, 0.3) is 0 Å². The topological polar surface area (TPSA) is 29.9 Å². The fourth-order valence-corrected chi connectivity index (χ4v) is 1.84. The summed E-state index contributed by atoms with van der Waals surface area (Å²) in [6, 6.07) is 0.496. The van der Waals surface area contributed by atoms with Gasteiger partial charge in [-0.25, -0.2) is 4.98 Å². The number of rotatable bonds is 5. The molecule has 14 heavy (non-hydrogen) atoms. The van der Waals surface area contributed by atoms with Gasteiger partial charge in [0.05, 0.1) is 18.1 Å². The van der Waals surface area contributed by atoms with Crippen molar-refractivity contribution < 1.29 is 0 Å². The number of nitrogens with one attached hydrogen (secondary N) is 1. The highest BCUT2D eigenvalue weighted by Crippen LogP contribution is 2.40. The SMILES string of the molecule is CCCNC(c1cn(C)cn1)C1CC1. The van der Waals surface area contributed by atoms with Gasteiger partial charge in [-0.2, -0.15) is 0 Å². The lowest BCUT2D eigenvalue weighted by atomic mass is 10.1. The van der Waals surface area contributed by atoms with Crippen LogP contribution in [0.25, 0.3) is 0 Å². The van der Waals surface area contributed by atoms with E-state index in [0.29, 0.717) is 6.04 Å². The number of hydrogen-bond donors (Lipinski definition) is 1. The molecule has 0 amide bonds. The van der Waals surface area contributed by atoms with E-state index >= 15 is 0 Å². The van der Waals surface area contributed by atoms with E-state index in [4.69, 9.17) is 0 Å². The van der Waals surface area contributed by atoms with Gasteiger partial charge in [-0.1, -0.05) is 6.92 Å². The molecule has 1 unspecified atom stereocenters. The van der Waals surface area contributed by atoms with Gasteiger partial charge in [0.1, 0.15) is 0 Å². The average Bonchev–Trinajstić information content (AvgIpc) is 2.91. The Morgan fingerprint density at radius 2 is 2.43 bits per heavy atom. The quantitative estimate of drug-likeness (QED) is 0.773. The van der Waals surface area contributed by atoms with Crippen molar-refractivity contribution in [1.29, 1.82) is 0 Å². The van der Waals surface area contributed by atoms with Gasteiger partial charge in [-0.05, 0) is 31.7 Å². The summed E-state index contributed by atoms with van der Waals surface area (Å²) in [6.45, 7) is 3.30. The first kappa shape index (κ1) is 9.71. The highest BCUT2D eigenvalue weighted by Gasteiger charge is 2.32. The molecular formula is C11H19N3. The summed E-state index contributed by atoms with van der Waals surface area (Å²) in [5.41, 5.74) is 1.21. The third-order valence-electron chi connectivity index (χ3n) is 2.75. The van der Waals surface area contributed by atoms with Crippen LogP contribution < -0.4 is 5.32 Å². The van der Waals surface area contributed by atoms with Gasteiger partial charge in [-0.3, -0.25) is 0 Å². The van der Waals surface area contributed by atoms with Crippen LogP contribution in [0.4, 0.5) is 0 Å². The molecule has 1 fully saturated rings. The molecule has 1 aliphatic rings. The highest BCUT2D eigenvalue weighted by atomic mass is 15.0. The monoisotopic (exact) mass is 193 g/mol. The smallest absolute Gasteiger partial charge is 0.0947 e. The van der Waals surface area contributed by atoms with Crippen LogP contribution >= 0.6 is 0 Å². The fraction of sp³-hybridized carbons (Fsp3) is 0.727. The molecule has 1 N–H and O–H groups in total. The fourth-order valence-electron chi connectivity index (χ4n) is 1.84. The number of aromatic nitrogens is 2. The lowest BCUT2D eigenvalue weighted by Crippen LogP contribution is -2.24. The number of imidazole rings is 1. The molecule has 0 aromatic carbocycles. The van der Waals surface area contributed by atoms with Gasteiger partial charge in [0, 0.05) is 13.2 Å². The molecule has 0 aliphatic heterocycles. The molecule has 1 aromatic rings. The maximum Gasteiger partial charge on any atom is 0.0947 e. The summed E-state index contributed by atoms with van der Waals surface area (Å²) in [6.07, 6.45) is 7.93. The summed E-state index contributed by atoms with van der Waals surface area (Å²) in [7, 11) is 2.03. The zero-order valence-corrected chi connectivity index (χ0v) is 9.03. The van der Waals surface area contributed by atoms with Crippen LogP contribution in [0.2, 0.25) is 0 Å². The standard InChI is InChI=1S/C11H19N3/c1-3-6-12-11(9-4-5-9)10-7-14(2)8-13-10/h7-9,11-12H,3-6H2,1-2H3. The molecule has 78 valence electrons. The van der Waals surface area contributed by atoms with E-state index in [2.05, 4.69) is 23.4 Å². The van der Waals surface area contributed by atoms with Crippen molar-refractivity contribution in [1.82, 2.24) is 14.9 Å². The second-order valence-electron chi connectivity index (χ2n) is 4.23. The number of hydrogen-bond acceptors (Lipinski definition) is 2. The minimum atomic E-state index is 0.496. The lowest BCUT2D eigenvalue weighted by Gasteiger charge is -2.15. The van der Waals surface area contributed by atoms with Crippen molar-refractivity contribution in [3.05, 3.63) is 18.2 Å². The molecule has 1 aromatic heterocycles. The zero-order valence-electron chi connectivity index (χ0n) is 9.03.